The Hall–Kier alpha value is 0.340. The number of halogens is 2. The maximum Gasteiger partial charge on any atom is 0.0555 e. The highest BCUT2D eigenvalue weighted by Crippen LogP contribution is 1.54. The Morgan fingerprint density at radius 2 is 0.688 bits per heavy atom. The van der Waals surface area contributed by atoms with Gasteiger partial charge in [-0.1, -0.05) is 0 Å². The van der Waals surface area contributed by atoms with Crippen molar-refractivity contribution in [1.82, 2.24) is 10.6 Å². The summed E-state index contributed by atoms with van der Waals surface area (Å²) < 4.78 is 0. The van der Waals surface area contributed by atoms with Crippen LogP contribution in [0.15, 0.2) is 0 Å². The third-order valence-corrected chi connectivity index (χ3v) is 1.15. The Bertz CT molecular complexity index is 76.4. The Labute approximate surface area is 109 Å². The average molecular weight is 283 g/mol. The van der Waals surface area contributed by atoms with Crippen molar-refractivity contribution in [3.63, 3.8) is 0 Å². The molecular weight excluding hydrogens is 259 g/mol. The van der Waals surface area contributed by atoms with Gasteiger partial charge in [-0.2, -0.15) is 0 Å². The standard InChI is InChI=1S/2C4H11NO2.2ClH/c2*6-3-1-5-2-4-7;;/h2*5-7H,1-4H2;2*1H. The van der Waals surface area contributed by atoms with Crippen LogP contribution in [-0.4, -0.2) is 73.0 Å². The fraction of sp³-hybridized carbons (Fsp3) is 1.00. The molecule has 16 heavy (non-hydrogen) atoms. The summed E-state index contributed by atoms with van der Waals surface area (Å²) in [6, 6.07) is 0. The fourth-order valence-corrected chi connectivity index (χ4v) is 0.566. The SMILES string of the molecule is Cl.Cl.OCCNCCO.OCCNCCO. The summed E-state index contributed by atoms with van der Waals surface area (Å²) in [5.74, 6) is 0. The molecule has 0 aliphatic carbocycles. The molecule has 104 valence electrons. The predicted octanol–water partition coefficient (Wildman–Crippen LogP) is -2.04. The Kier molecular flexibility index (Phi) is 46.6. The highest BCUT2D eigenvalue weighted by Gasteiger charge is 1.78. The van der Waals surface area contributed by atoms with Crippen molar-refractivity contribution in [2.24, 2.45) is 0 Å². The zero-order chi connectivity index (χ0) is 11.1. The molecule has 0 aliphatic heterocycles. The lowest BCUT2D eigenvalue weighted by atomic mass is 10.6. The van der Waals surface area contributed by atoms with Gasteiger partial charge in [-0.05, 0) is 0 Å². The van der Waals surface area contributed by atoms with E-state index >= 15 is 0 Å². The van der Waals surface area contributed by atoms with Crippen LogP contribution < -0.4 is 10.6 Å². The van der Waals surface area contributed by atoms with Crippen LogP contribution in [0.2, 0.25) is 0 Å². The van der Waals surface area contributed by atoms with Crippen LogP contribution in [0.25, 0.3) is 0 Å². The van der Waals surface area contributed by atoms with Gasteiger partial charge in [-0.25, -0.2) is 0 Å². The number of aliphatic hydroxyl groups is 4. The first kappa shape index (κ1) is 25.3. The first-order valence-corrected chi connectivity index (χ1v) is 4.68. The molecule has 0 aromatic heterocycles. The normalized spacial score (nSPS) is 8.25. The maximum atomic E-state index is 8.15. The second-order valence-corrected chi connectivity index (χ2v) is 2.39. The lowest BCUT2D eigenvalue weighted by Crippen LogP contribution is -2.21. The monoisotopic (exact) mass is 282 g/mol. The van der Waals surface area contributed by atoms with Crippen LogP contribution in [0, 0.1) is 0 Å². The topological polar surface area (TPSA) is 105 Å². The quantitative estimate of drug-likeness (QED) is 0.287. The number of hydrogen-bond acceptors (Lipinski definition) is 6. The highest BCUT2D eigenvalue weighted by atomic mass is 35.5. The summed E-state index contributed by atoms with van der Waals surface area (Å²) in [6.07, 6.45) is 0. The molecule has 0 aromatic rings. The molecule has 8 heteroatoms. The van der Waals surface area contributed by atoms with Gasteiger partial charge in [-0.15, -0.1) is 24.8 Å². The minimum atomic E-state index is 0. The summed E-state index contributed by atoms with van der Waals surface area (Å²) >= 11 is 0. The van der Waals surface area contributed by atoms with Gasteiger partial charge < -0.3 is 31.1 Å². The van der Waals surface area contributed by atoms with E-state index in [9.17, 15) is 0 Å². The third kappa shape index (κ3) is 36.7. The van der Waals surface area contributed by atoms with Crippen LogP contribution in [0.3, 0.4) is 0 Å². The van der Waals surface area contributed by atoms with Gasteiger partial charge in [0.2, 0.25) is 0 Å². The molecule has 0 saturated heterocycles. The molecule has 0 amide bonds. The first-order valence-electron chi connectivity index (χ1n) is 4.68. The summed E-state index contributed by atoms with van der Waals surface area (Å²) in [5.41, 5.74) is 0. The van der Waals surface area contributed by atoms with E-state index in [0.717, 1.165) is 0 Å². The smallest absolute Gasteiger partial charge is 0.0555 e. The van der Waals surface area contributed by atoms with E-state index < -0.39 is 0 Å². The molecule has 0 unspecified atom stereocenters. The minimum Gasteiger partial charge on any atom is -0.395 e. The summed E-state index contributed by atoms with van der Waals surface area (Å²) in [7, 11) is 0. The second kappa shape index (κ2) is 29.5. The molecule has 6 N–H and O–H groups in total. The Balaban J connectivity index is -0.0000000800. The van der Waals surface area contributed by atoms with Crippen LogP contribution in [-0.2, 0) is 0 Å². The Morgan fingerprint density at radius 1 is 0.500 bits per heavy atom. The zero-order valence-electron chi connectivity index (χ0n) is 9.26. The van der Waals surface area contributed by atoms with Gasteiger partial charge in [0.25, 0.3) is 0 Å². The average Bonchev–Trinajstić information content (AvgIpc) is 2.21. The minimum absolute atomic E-state index is 0. The van der Waals surface area contributed by atoms with E-state index in [1.165, 1.54) is 0 Å². The molecule has 0 atom stereocenters. The van der Waals surface area contributed by atoms with Crippen molar-refractivity contribution in [3.8, 4) is 0 Å². The molecule has 0 aliphatic rings. The number of rotatable bonds is 8. The van der Waals surface area contributed by atoms with Crippen molar-refractivity contribution in [3.05, 3.63) is 0 Å². The number of nitrogens with one attached hydrogen (secondary N) is 2. The second-order valence-electron chi connectivity index (χ2n) is 2.39. The van der Waals surface area contributed by atoms with Crippen LogP contribution >= 0.6 is 24.8 Å². The zero-order valence-corrected chi connectivity index (χ0v) is 10.9. The summed E-state index contributed by atoms with van der Waals surface area (Å²) in [6.45, 7) is 2.84. The van der Waals surface area contributed by atoms with E-state index in [1.807, 2.05) is 0 Å². The van der Waals surface area contributed by atoms with Crippen molar-refractivity contribution in [2.45, 2.75) is 0 Å². The van der Waals surface area contributed by atoms with Gasteiger partial charge in [0.1, 0.15) is 0 Å². The van der Waals surface area contributed by atoms with Crippen LogP contribution in [0.4, 0.5) is 0 Å². The van der Waals surface area contributed by atoms with Crippen molar-refractivity contribution < 1.29 is 20.4 Å². The third-order valence-electron chi connectivity index (χ3n) is 1.15. The van der Waals surface area contributed by atoms with Gasteiger partial charge in [0.15, 0.2) is 0 Å². The van der Waals surface area contributed by atoms with Crippen LogP contribution in [0.5, 0.6) is 0 Å². The van der Waals surface area contributed by atoms with Gasteiger partial charge >= 0.3 is 0 Å². The molecule has 6 nitrogen and oxygen atoms in total. The predicted molar refractivity (Wildman–Crippen MR) is 68.6 cm³/mol. The lowest BCUT2D eigenvalue weighted by Gasteiger charge is -1.94. The van der Waals surface area contributed by atoms with Gasteiger partial charge in [0.05, 0.1) is 26.4 Å². The first-order chi connectivity index (χ1) is 6.83. The van der Waals surface area contributed by atoms with Crippen molar-refractivity contribution >= 4 is 24.8 Å². The maximum absolute atomic E-state index is 8.15. The van der Waals surface area contributed by atoms with E-state index in [-0.39, 0.29) is 51.2 Å². The molecule has 0 spiro atoms. The van der Waals surface area contributed by atoms with E-state index in [0.29, 0.717) is 26.2 Å². The molecule has 0 radical (unpaired) electrons. The molecule has 0 heterocycles. The van der Waals surface area contributed by atoms with Crippen molar-refractivity contribution in [2.75, 3.05) is 52.6 Å². The molecule has 0 fully saturated rings. The summed E-state index contributed by atoms with van der Waals surface area (Å²) in [5, 5.41) is 38.2. The van der Waals surface area contributed by atoms with Gasteiger partial charge in [-0.3, -0.25) is 0 Å². The lowest BCUT2D eigenvalue weighted by molar-refractivity contribution is 0.266. The number of aliphatic hydroxyl groups excluding tert-OH is 4. The summed E-state index contributed by atoms with van der Waals surface area (Å²) in [4.78, 5) is 0. The van der Waals surface area contributed by atoms with E-state index in [1.54, 1.807) is 0 Å². The molecule has 0 saturated carbocycles. The number of hydrogen-bond donors (Lipinski definition) is 6. The largest absolute Gasteiger partial charge is 0.395 e. The van der Waals surface area contributed by atoms with Crippen molar-refractivity contribution in [1.29, 1.82) is 0 Å². The fourth-order valence-electron chi connectivity index (χ4n) is 0.566. The molecule has 0 bridgehead atoms. The molecule has 0 aromatic carbocycles. The van der Waals surface area contributed by atoms with Crippen LogP contribution in [0.1, 0.15) is 0 Å². The van der Waals surface area contributed by atoms with E-state index in [4.69, 9.17) is 20.4 Å². The highest BCUT2D eigenvalue weighted by molar-refractivity contribution is 5.85. The molecular formula is C8H24Cl2N2O4. The molecule has 0 rings (SSSR count). The van der Waals surface area contributed by atoms with Gasteiger partial charge in [0, 0.05) is 26.2 Å². The van der Waals surface area contributed by atoms with E-state index in [2.05, 4.69) is 10.6 Å². The Morgan fingerprint density at radius 3 is 0.812 bits per heavy atom.